The first-order valence-corrected chi connectivity index (χ1v) is 15.3. The van der Waals surface area contributed by atoms with Gasteiger partial charge in [-0.25, -0.2) is 0 Å². The van der Waals surface area contributed by atoms with Crippen molar-refractivity contribution in [1.82, 2.24) is 24.1 Å². The van der Waals surface area contributed by atoms with E-state index in [0.717, 1.165) is 107 Å². The zero-order valence-electron chi connectivity index (χ0n) is 24.3. The molecule has 0 unspecified atom stereocenters. The molecule has 216 valence electrons. The number of hydrogen-bond donors (Lipinski definition) is 0. The normalized spacial score (nSPS) is 13.4. The van der Waals surface area contributed by atoms with Crippen LogP contribution in [0.1, 0.15) is 12.1 Å². The molecule has 0 radical (unpaired) electrons. The highest BCUT2D eigenvalue weighted by Gasteiger charge is 2.22. The van der Waals surface area contributed by atoms with E-state index >= 15 is 0 Å². The first-order chi connectivity index (χ1) is 22.8. The summed E-state index contributed by atoms with van der Waals surface area (Å²) < 4.78 is 17.6. The van der Waals surface area contributed by atoms with Crippen molar-refractivity contribution in [3.63, 3.8) is 0 Å². The zero-order chi connectivity index (χ0) is 29.9. The molecule has 0 spiro atoms. The van der Waals surface area contributed by atoms with Gasteiger partial charge in [0.2, 0.25) is 0 Å². The number of fused-ring (bicyclic) bond motifs is 13. The first kappa shape index (κ1) is 24.1. The predicted molar refractivity (Wildman–Crippen MR) is 182 cm³/mol. The Morgan fingerprint density at radius 1 is 0.543 bits per heavy atom. The van der Waals surface area contributed by atoms with Gasteiger partial charge in [0, 0.05) is 57.7 Å². The smallest absolute Gasteiger partial charge is 0.178 e. The molecule has 11 rings (SSSR count). The van der Waals surface area contributed by atoms with Gasteiger partial charge in [-0.15, -0.1) is 0 Å². The lowest BCUT2D eigenvalue weighted by molar-refractivity contribution is 0.633. The van der Waals surface area contributed by atoms with Crippen LogP contribution in [0.15, 0.2) is 117 Å². The largest absolute Gasteiger partial charge is 0.452 e. The van der Waals surface area contributed by atoms with Crippen LogP contribution in [-0.4, -0.2) is 30.3 Å². The van der Waals surface area contributed by atoms with Gasteiger partial charge in [0.1, 0.15) is 33.4 Å². The number of pyridine rings is 3. The second-order valence-electron chi connectivity index (χ2n) is 11.8. The Morgan fingerprint density at radius 2 is 1.09 bits per heavy atom. The van der Waals surface area contributed by atoms with E-state index in [0.29, 0.717) is 0 Å². The molecule has 0 aliphatic carbocycles. The highest BCUT2D eigenvalue weighted by Crippen LogP contribution is 2.42. The molecular weight excluding hydrogens is 572 g/mol. The fraction of sp³-hybridized carbons (Fsp3) is 0.0526. The lowest BCUT2D eigenvalue weighted by Gasteiger charge is -2.12. The van der Waals surface area contributed by atoms with Crippen molar-refractivity contribution in [1.29, 1.82) is 0 Å². The maximum atomic E-state index is 6.52. The minimum atomic E-state index is 0.746. The molecule has 0 fully saturated rings. The molecule has 8 heterocycles. The molecule has 8 nitrogen and oxygen atoms in total. The lowest BCUT2D eigenvalue weighted by Crippen LogP contribution is -2.02. The average Bonchev–Trinajstić information content (AvgIpc) is 3.85. The summed E-state index contributed by atoms with van der Waals surface area (Å²) >= 11 is 0. The summed E-state index contributed by atoms with van der Waals surface area (Å²) in [6.45, 7) is 0. The van der Waals surface area contributed by atoms with E-state index in [1.54, 1.807) is 0 Å². The Balaban J connectivity index is 1.12. The number of aliphatic imine (C=N–C) groups is 1. The van der Waals surface area contributed by atoms with Gasteiger partial charge in [0.25, 0.3) is 0 Å². The van der Waals surface area contributed by atoms with Crippen molar-refractivity contribution in [2.45, 2.75) is 12.8 Å². The molecule has 0 bridgehead atoms. The fourth-order valence-electron chi connectivity index (χ4n) is 7.42. The third-order valence-corrected chi connectivity index (χ3v) is 9.36. The molecule has 0 amide bonds. The standard InChI is InChI=1S/C38H22N6O2/c1-5-27-33(39-15-1)34-28(6-2-16-40-34)43(27)21-9-13-31-25(19-21)23-11-12-24-26-20-22(10-14-32(26)46-38(24)37(23)45-31)44-29-7-3-17-41-35(29)36-30(44)8-4-18-42-36/h1-3,5-7,9-20H,4,8H2. The van der Waals surface area contributed by atoms with Gasteiger partial charge in [-0.1, -0.05) is 0 Å². The summed E-state index contributed by atoms with van der Waals surface area (Å²) in [5.41, 5.74) is 13.2. The summed E-state index contributed by atoms with van der Waals surface area (Å²) in [6, 6.07) is 29.2. The van der Waals surface area contributed by atoms with Gasteiger partial charge in [-0.2, -0.15) is 0 Å². The van der Waals surface area contributed by atoms with E-state index in [4.69, 9.17) is 13.8 Å². The minimum Gasteiger partial charge on any atom is -0.452 e. The van der Waals surface area contributed by atoms with Crippen LogP contribution in [0.5, 0.6) is 0 Å². The summed E-state index contributed by atoms with van der Waals surface area (Å²) in [6.07, 6.45) is 9.29. The summed E-state index contributed by atoms with van der Waals surface area (Å²) in [7, 11) is 0. The van der Waals surface area contributed by atoms with Gasteiger partial charge in [-0.3, -0.25) is 19.9 Å². The molecule has 0 saturated carbocycles. The van der Waals surface area contributed by atoms with Gasteiger partial charge >= 0.3 is 0 Å². The Kier molecular flexibility index (Phi) is 4.54. The molecule has 46 heavy (non-hydrogen) atoms. The van der Waals surface area contributed by atoms with E-state index in [-0.39, 0.29) is 0 Å². The second-order valence-corrected chi connectivity index (χ2v) is 11.8. The van der Waals surface area contributed by atoms with Crippen LogP contribution in [0.2, 0.25) is 0 Å². The molecule has 1 aliphatic rings. The van der Waals surface area contributed by atoms with Crippen LogP contribution in [0.4, 0.5) is 5.69 Å². The quantitative estimate of drug-likeness (QED) is 0.199. The maximum absolute atomic E-state index is 6.52. The number of hydrogen-bond acceptors (Lipinski definition) is 6. The number of aromatic nitrogens is 5. The second kappa shape index (κ2) is 8.67. The number of nitrogens with zero attached hydrogens (tertiary/aromatic N) is 6. The van der Waals surface area contributed by atoms with E-state index in [9.17, 15) is 0 Å². The van der Waals surface area contributed by atoms with Crippen molar-refractivity contribution >= 4 is 88.9 Å². The minimum absolute atomic E-state index is 0.746. The fourth-order valence-corrected chi connectivity index (χ4v) is 7.42. The van der Waals surface area contributed by atoms with Crippen LogP contribution < -0.4 is 0 Å². The highest BCUT2D eigenvalue weighted by molar-refractivity contribution is 6.19. The van der Waals surface area contributed by atoms with Crippen LogP contribution in [0, 0.1) is 0 Å². The van der Waals surface area contributed by atoms with Crippen molar-refractivity contribution < 1.29 is 8.83 Å². The molecular formula is C38H22N6O2. The van der Waals surface area contributed by atoms with Crippen LogP contribution >= 0.6 is 0 Å². The van der Waals surface area contributed by atoms with Crippen molar-refractivity contribution in [3.8, 4) is 11.4 Å². The van der Waals surface area contributed by atoms with Crippen molar-refractivity contribution in [3.05, 3.63) is 109 Å². The van der Waals surface area contributed by atoms with E-state index < -0.39 is 0 Å². The van der Waals surface area contributed by atoms with Crippen LogP contribution in [0.25, 0.3) is 88.4 Å². The SMILES string of the molecule is C1=Nc2c(n(-c3ccc4oc5c(ccc6c7cc(-n8c9cccnc9c9ncccc98)ccc7oc65)c4c3)c3cccnc23)CC1. The van der Waals surface area contributed by atoms with Gasteiger partial charge in [-0.05, 0) is 97.8 Å². The van der Waals surface area contributed by atoms with E-state index in [1.807, 2.05) is 49.1 Å². The number of rotatable bonds is 2. The Bertz CT molecular complexity index is 2880. The highest BCUT2D eigenvalue weighted by atomic mass is 16.4. The molecule has 0 atom stereocenters. The third-order valence-electron chi connectivity index (χ3n) is 9.36. The first-order valence-electron chi connectivity index (χ1n) is 15.3. The van der Waals surface area contributed by atoms with Gasteiger partial charge in [0.15, 0.2) is 11.2 Å². The Hall–Kier alpha value is -6.28. The predicted octanol–water partition coefficient (Wildman–Crippen LogP) is 9.36. The molecule has 7 aromatic heterocycles. The zero-order valence-corrected chi connectivity index (χ0v) is 24.3. The van der Waals surface area contributed by atoms with Crippen molar-refractivity contribution in [2.75, 3.05) is 0 Å². The average molecular weight is 595 g/mol. The van der Waals surface area contributed by atoms with E-state index in [1.165, 1.54) is 5.69 Å². The van der Waals surface area contributed by atoms with Crippen LogP contribution in [-0.2, 0) is 6.42 Å². The van der Waals surface area contributed by atoms with E-state index in [2.05, 4.69) is 84.7 Å². The molecule has 8 heteroatoms. The Morgan fingerprint density at radius 3 is 1.70 bits per heavy atom. The lowest BCUT2D eigenvalue weighted by atomic mass is 10.1. The Labute approximate surface area is 259 Å². The topological polar surface area (TPSA) is 87.2 Å². The molecule has 0 saturated heterocycles. The van der Waals surface area contributed by atoms with Gasteiger partial charge in [0.05, 0.1) is 22.2 Å². The molecule has 1 aliphatic heterocycles. The molecule has 3 aromatic carbocycles. The number of benzene rings is 3. The van der Waals surface area contributed by atoms with Crippen LogP contribution in [0.3, 0.4) is 0 Å². The summed E-state index contributed by atoms with van der Waals surface area (Å²) in [5.74, 6) is 0. The maximum Gasteiger partial charge on any atom is 0.178 e. The molecule has 0 N–H and O–H groups in total. The monoisotopic (exact) mass is 594 g/mol. The third kappa shape index (κ3) is 3.07. The van der Waals surface area contributed by atoms with Crippen molar-refractivity contribution in [2.24, 2.45) is 4.99 Å². The molecule has 10 aromatic rings. The number of furan rings is 2. The summed E-state index contributed by atoms with van der Waals surface area (Å²) in [5, 5.41) is 4.09. The van der Waals surface area contributed by atoms with Gasteiger partial charge < -0.3 is 18.0 Å². The summed E-state index contributed by atoms with van der Waals surface area (Å²) in [4.78, 5) is 18.7.